The summed E-state index contributed by atoms with van der Waals surface area (Å²) in [5.74, 6) is -1.71. The quantitative estimate of drug-likeness (QED) is 0.819. The number of benzene rings is 1. The maximum Gasteiger partial charge on any atom is 0.103 e. The third-order valence-corrected chi connectivity index (χ3v) is 4.19. The lowest BCUT2D eigenvalue weighted by atomic mass is 9.78. The van der Waals surface area contributed by atoms with Crippen molar-refractivity contribution in [3.8, 4) is 12.1 Å². The molecule has 0 radical (unpaired) electrons. The van der Waals surface area contributed by atoms with Gasteiger partial charge in [0.1, 0.15) is 11.8 Å². The molecule has 2 atom stereocenters. The van der Waals surface area contributed by atoms with Crippen molar-refractivity contribution in [2.24, 2.45) is 11.8 Å². The van der Waals surface area contributed by atoms with Crippen LogP contribution in [0.15, 0.2) is 24.3 Å². The van der Waals surface area contributed by atoms with E-state index >= 15 is 0 Å². The fraction of sp³-hybridized carbons (Fsp3) is 0.286. The summed E-state index contributed by atoms with van der Waals surface area (Å²) in [4.78, 5) is 0. The highest BCUT2D eigenvalue weighted by Crippen LogP contribution is 2.42. The van der Waals surface area contributed by atoms with Gasteiger partial charge in [-0.3, -0.25) is 10.8 Å². The predicted octanol–water partition coefficient (Wildman–Crippen LogP) is 3.06. The second-order valence-electron chi connectivity index (χ2n) is 4.48. The van der Waals surface area contributed by atoms with E-state index in [2.05, 4.69) is 12.1 Å². The van der Waals surface area contributed by atoms with E-state index in [1.54, 1.807) is 0 Å². The lowest BCUT2D eigenvalue weighted by molar-refractivity contribution is 0.576. The van der Waals surface area contributed by atoms with E-state index in [-0.39, 0.29) is 10.1 Å². The molecule has 94 valence electrons. The highest BCUT2D eigenvalue weighted by atomic mass is 32.2. The molecule has 1 aromatic carbocycles. The SMILES string of the molecule is Cc1ccc(C2C(C#N)C(=N)SC(=N)C2C#N)cc1. The first kappa shape index (κ1) is 13.3. The van der Waals surface area contributed by atoms with Gasteiger partial charge >= 0.3 is 0 Å². The Kier molecular flexibility index (Phi) is 3.69. The molecule has 1 heterocycles. The predicted molar refractivity (Wildman–Crippen MR) is 75.2 cm³/mol. The number of aryl methyl sites for hydroxylation is 1. The molecule has 2 rings (SSSR count). The Balaban J connectivity index is 2.50. The first-order valence-electron chi connectivity index (χ1n) is 5.79. The number of rotatable bonds is 1. The standard InChI is InChI=1S/C14H12N4S/c1-8-2-4-9(5-3-8)12-10(6-15)13(17)19-14(18)11(12)7-16/h2-5,10-12,17-18H,1H3. The molecule has 0 aliphatic carbocycles. The molecule has 0 bridgehead atoms. The molecule has 4 nitrogen and oxygen atoms in total. The maximum atomic E-state index is 9.26. The van der Waals surface area contributed by atoms with E-state index in [0.717, 1.165) is 22.9 Å². The molecule has 0 spiro atoms. The van der Waals surface area contributed by atoms with Crippen molar-refractivity contribution in [3.63, 3.8) is 0 Å². The Bertz CT molecular complexity index is 574. The number of hydrogen-bond donors (Lipinski definition) is 2. The molecule has 0 aromatic heterocycles. The van der Waals surface area contributed by atoms with Crippen LogP contribution in [0, 0.1) is 52.2 Å². The molecule has 2 unspecified atom stereocenters. The van der Waals surface area contributed by atoms with Gasteiger partial charge in [0.05, 0.1) is 22.2 Å². The second-order valence-corrected chi connectivity index (χ2v) is 5.56. The molecule has 2 N–H and O–H groups in total. The molecule has 1 aromatic rings. The fourth-order valence-corrected chi connectivity index (χ4v) is 3.10. The molecule has 1 fully saturated rings. The Labute approximate surface area is 116 Å². The first-order chi connectivity index (χ1) is 9.08. The number of nitrogens with one attached hydrogen (secondary N) is 2. The zero-order valence-electron chi connectivity index (χ0n) is 10.3. The lowest BCUT2D eigenvalue weighted by Crippen LogP contribution is -2.34. The summed E-state index contributed by atoms with van der Waals surface area (Å²) in [6.45, 7) is 1.97. The van der Waals surface area contributed by atoms with E-state index in [1.807, 2.05) is 31.2 Å². The van der Waals surface area contributed by atoms with Gasteiger partial charge in [0, 0.05) is 5.92 Å². The number of nitriles is 2. The third-order valence-electron chi connectivity index (χ3n) is 3.24. The van der Waals surface area contributed by atoms with Crippen molar-refractivity contribution >= 4 is 21.8 Å². The molecule has 0 saturated carbocycles. The minimum atomic E-state index is -0.647. The van der Waals surface area contributed by atoms with Crippen molar-refractivity contribution in [1.29, 1.82) is 21.3 Å². The van der Waals surface area contributed by atoms with Crippen molar-refractivity contribution < 1.29 is 0 Å². The molecular weight excluding hydrogens is 256 g/mol. The molecule has 19 heavy (non-hydrogen) atoms. The average molecular weight is 268 g/mol. The van der Waals surface area contributed by atoms with Gasteiger partial charge in [0.15, 0.2) is 0 Å². The fourth-order valence-electron chi connectivity index (χ4n) is 2.22. The van der Waals surface area contributed by atoms with Gasteiger partial charge in [0.25, 0.3) is 0 Å². The summed E-state index contributed by atoms with van der Waals surface area (Å²) >= 11 is 0.930. The van der Waals surface area contributed by atoms with Gasteiger partial charge in [-0.1, -0.05) is 41.6 Å². The normalized spacial score (nSPS) is 26.6. The smallest absolute Gasteiger partial charge is 0.103 e. The molecule has 1 saturated heterocycles. The largest absolute Gasteiger partial charge is 0.297 e. The molecule has 5 heteroatoms. The van der Waals surface area contributed by atoms with Crippen LogP contribution in [0.5, 0.6) is 0 Å². The Morgan fingerprint density at radius 1 is 1.00 bits per heavy atom. The van der Waals surface area contributed by atoms with Crippen molar-refractivity contribution in [2.75, 3.05) is 0 Å². The van der Waals surface area contributed by atoms with Crippen LogP contribution in [-0.2, 0) is 0 Å². The van der Waals surface area contributed by atoms with Gasteiger partial charge in [-0.05, 0) is 12.5 Å². The van der Waals surface area contributed by atoms with Crippen LogP contribution in [0.25, 0.3) is 0 Å². The van der Waals surface area contributed by atoms with Crippen LogP contribution in [0.2, 0.25) is 0 Å². The zero-order chi connectivity index (χ0) is 14.0. The van der Waals surface area contributed by atoms with Crippen molar-refractivity contribution in [1.82, 2.24) is 0 Å². The summed E-state index contributed by atoms with van der Waals surface area (Å²) in [7, 11) is 0. The molecule has 0 amide bonds. The summed E-state index contributed by atoms with van der Waals surface area (Å²) in [5, 5.41) is 34.5. The number of hydrogen-bond acceptors (Lipinski definition) is 5. The summed E-state index contributed by atoms with van der Waals surface area (Å²) < 4.78 is 0. The topological polar surface area (TPSA) is 95.3 Å². The van der Waals surface area contributed by atoms with Crippen LogP contribution in [-0.4, -0.2) is 10.1 Å². The van der Waals surface area contributed by atoms with Crippen LogP contribution >= 0.6 is 11.8 Å². The Hall–Kier alpha value is -2.11. The van der Waals surface area contributed by atoms with Crippen molar-refractivity contribution in [3.05, 3.63) is 35.4 Å². The van der Waals surface area contributed by atoms with Crippen molar-refractivity contribution in [2.45, 2.75) is 12.8 Å². The highest BCUT2D eigenvalue weighted by Gasteiger charge is 2.42. The third kappa shape index (κ3) is 2.38. The molecular formula is C14H12N4S. The monoisotopic (exact) mass is 268 g/mol. The van der Waals surface area contributed by atoms with Crippen LogP contribution in [0.4, 0.5) is 0 Å². The van der Waals surface area contributed by atoms with E-state index < -0.39 is 17.8 Å². The number of thioether (sulfide) groups is 1. The highest BCUT2D eigenvalue weighted by molar-refractivity contribution is 8.26. The van der Waals surface area contributed by atoms with Gasteiger partial charge in [0.2, 0.25) is 0 Å². The van der Waals surface area contributed by atoms with Gasteiger partial charge in [-0.25, -0.2) is 0 Å². The first-order valence-corrected chi connectivity index (χ1v) is 6.60. The van der Waals surface area contributed by atoms with E-state index in [4.69, 9.17) is 10.8 Å². The second kappa shape index (κ2) is 5.26. The Morgan fingerprint density at radius 2 is 1.47 bits per heavy atom. The summed E-state index contributed by atoms with van der Waals surface area (Å²) in [6, 6.07) is 11.8. The Morgan fingerprint density at radius 3 is 1.89 bits per heavy atom. The van der Waals surface area contributed by atoms with E-state index in [9.17, 15) is 10.5 Å². The van der Waals surface area contributed by atoms with E-state index in [1.165, 1.54) is 0 Å². The zero-order valence-corrected chi connectivity index (χ0v) is 11.2. The number of nitrogens with zero attached hydrogens (tertiary/aromatic N) is 2. The van der Waals surface area contributed by atoms with Crippen LogP contribution < -0.4 is 0 Å². The molecule has 1 aliphatic rings. The average Bonchev–Trinajstić information content (AvgIpc) is 2.39. The van der Waals surface area contributed by atoms with Crippen LogP contribution in [0.3, 0.4) is 0 Å². The molecule has 1 aliphatic heterocycles. The summed E-state index contributed by atoms with van der Waals surface area (Å²) in [5.41, 5.74) is 1.94. The maximum absolute atomic E-state index is 9.26. The minimum Gasteiger partial charge on any atom is -0.297 e. The minimum absolute atomic E-state index is 0.157. The van der Waals surface area contributed by atoms with Gasteiger partial charge in [-0.15, -0.1) is 0 Å². The summed E-state index contributed by atoms with van der Waals surface area (Å²) in [6.07, 6.45) is 0. The van der Waals surface area contributed by atoms with E-state index in [0.29, 0.717) is 0 Å². The van der Waals surface area contributed by atoms with Gasteiger partial charge < -0.3 is 0 Å². The van der Waals surface area contributed by atoms with Gasteiger partial charge in [-0.2, -0.15) is 10.5 Å². The van der Waals surface area contributed by atoms with Crippen LogP contribution in [0.1, 0.15) is 17.0 Å². The lowest BCUT2D eigenvalue weighted by Gasteiger charge is -2.31.